The topological polar surface area (TPSA) is 93.5 Å². The fourth-order valence-corrected chi connectivity index (χ4v) is 2.67. The van der Waals surface area contributed by atoms with E-state index in [1.807, 2.05) is 94.4 Å². The van der Waals surface area contributed by atoms with E-state index < -0.39 is 0 Å². The molecule has 190 valence electrons. The molecule has 0 bridgehead atoms. The lowest BCUT2D eigenvalue weighted by atomic mass is 10.0. The van der Waals surface area contributed by atoms with Crippen molar-refractivity contribution in [3.05, 3.63) is 96.6 Å². The highest BCUT2D eigenvalue weighted by Gasteiger charge is 2.09. The van der Waals surface area contributed by atoms with Crippen LogP contribution in [0.25, 0.3) is 22.2 Å². The number of aliphatic imine (C=N–C) groups is 1. The van der Waals surface area contributed by atoms with Crippen molar-refractivity contribution in [1.29, 1.82) is 0 Å². The molecule has 6 nitrogen and oxygen atoms in total. The summed E-state index contributed by atoms with van der Waals surface area (Å²) >= 11 is 0. The van der Waals surface area contributed by atoms with Gasteiger partial charge in [0.1, 0.15) is 5.52 Å². The zero-order chi connectivity index (χ0) is 26.8. The van der Waals surface area contributed by atoms with Crippen LogP contribution in [0, 0.1) is 0 Å². The third-order valence-corrected chi connectivity index (χ3v) is 4.33. The van der Waals surface area contributed by atoms with Gasteiger partial charge in [-0.05, 0) is 49.2 Å². The number of para-hydroxylation sites is 2. The number of guanidine groups is 1. The Hall–Kier alpha value is -4.19. The van der Waals surface area contributed by atoms with Crippen LogP contribution >= 0.6 is 0 Å². The first-order chi connectivity index (χ1) is 17.5. The first-order valence-electron chi connectivity index (χ1n) is 12.3. The van der Waals surface area contributed by atoms with Crippen molar-refractivity contribution >= 4 is 29.0 Å². The zero-order valence-electron chi connectivity index (χ0n) is 22.2. The van der Waals surface area contributed by atoms with E-state index in [-0.39, 0.29) is 17.9 Å². The van der Waals surface area contributed by atoms with E-state index in [2.05, 4.69) is 29.1 Å². The van der Waals surface area contributed by atoms with E-state index >= 15 is 0 Å². The summed E-state index contributed by atoms with van der Waals surface area (Å²) in [6.45, 7) is 12.2. The molecular formula is C30H38N4O2. The van der Waals surface area contributed by atoms with Gasteiger partial charge in [-0.25, -0.2) is 0 Å². The Morgan fingerprint density at radius 2 is 1.42 bits per heavy atom. The Balaban J connectivity index is 0.000000633. The van der Waals surface area contributed by atoms with Gasteiger partial charge in [-0.3, -0.25) is 10.1 Å². The highest BCUT2D eigenvalue weighted by atomic mass is 16.4. The van der Waals surface area contributed by atoms with Crippen LogP contribution in [0.4, 0.5) is 6.01 Å². The lowest BCUT2D eigenvalue weighted by Crippen LogP contribution is -2.36. The van der Waals surface area contributed by atoms with Gasteiger partial charge < -0.3 is 10.2 Å². The summed E-state index contributed by atoms with van der Waals surface area (Å²) in [7, 11) is 0. The summed E-state index contributed by atoms with van der Waals surface area (Å²) in [5.41, 5.74) is 9.67. The molecule has 3 aromatic carbocycles. The van der Waals surface area contributed by atoms with Crippen molar-refractivity contribution in [3.8, 4) is 11.1 Å². The van der Waals surface area contributed by atoms with Gasteiger partial charge in [0.25, 0.3) is 5.91 Å². The molecule has 4 rings (SSSR count). The number of rotatable bonds is 3. The van der Waals surface area contributed by atoms with Gasteiger partial charge in [0, 0.05) is 5.56 Å². The van der Waals surface area contributed by atoms with Crippen LogP contribution in [-0.4, -0.2) is 16.9 Å². The van der Waals surface area contributed by atoms with E-state index in [1.165, 1.54) is 6.42 Å². The molecule has 0 atom stereocenters. The second-order valence-corrected chi connectivity index (χ2v) is 7.23. The number of aromatic nitrogens is 1. The molecule has 0 radical (unpaired) electrons. The minimum absolute atomic E-state index is 0.0845. The molecule has 0 aliphatic heterocycles. The third kappa shape index (κ3) is 9.97. The molecule has 0 saturated carbocycles. The number of nitrogens with one attached hydrogen (secondary N) is 1. The minimum Gasteiger partial charge on any atom is -0.422 e. The summed E-state index contributed by atoms with van der Waals surface area (Å²) in [4.78, 5) is 20.5. The van der Waals surface area contributed by atoms with Gasteiger partial charge in [-0.2, -0.15) is 9.98 Å². The van der Waals surface area contributed by atoms with E-state index in [0.29, 0.717) is 16.7 Å². The number of benzene rings is 3. The maximum absolute atomic E-state index is 12.3. The molecule has 1 heterocycles. The average Bonchev–Trinajstić information content (AvgIpc) is 3.33. The van der Waals surface area contributed by atoms with Crippen LogP contribution in [0.5, 0.6) is 0 Å². The number of nitrogens with two attached hydrogens (primary N) is 1. The van der Waals surface area contributed by atoms with Crippen molar-refractivity contribution in [2.75, 3.05) is 0 Å². The summed E-state index contributed by atoms with van der Waals surface area (Å²) in [5, 5.41) is 2.54. The Morgan fingerprint density at radius 1 is 0.889 bits per heavy atom. The number of nitrogens with zero attached hydrogens (tertiary/aromatic N) is 2. The smallest absolute Gasteiger partial charge is 0.325 e. The predicted octanol–water partition coefficient (Wildman–Crippen LogP) is 7.90. The molecule has 0 aliphatic carbocycles. The van der Waals surface area contributed by atoms with Crippen LogP contribution in [0.1, 0.15) is 58.3 Å². The lowest BCUT2D eigenvalue weighted by molar-refractivity contribution is 0.0976. The number of carbonyl (C=O) groups excluding carboxylic acids is 1. The fourth-order valence-electron chi connectivity index (χ4n) is 2.67. The largest absolute Gasteiger partial charge is 0.422 e. The standard InChI is InChI=1S/C21H16N4O2.C4H8.C3H8.C2H6/c22-20(25-21-23-17-8-4-5-9-18(17)27-21)24-19(26)16-12-10-15(11-13-16)14-6-2-1-3-7-14;1-3-4-2;1-3-2;1-2/h1-13H,(H3,22,23,24,25,26);3-4H,1-2H3;3H2,1-2H3;1-2H3/b;4-3-;;. The average molecular weight is 487 g/mol. The number of hydrogen-bond donors (Lipinski definition) is 2. The number of hydrogen-bond acceptors (Lipinski definition) is 4. The van der Waals surface area contributed by atoms with Gasteiger partial charge in [0.15, 0.2) is 5.58 Å². The highest BCUT2D eigenvalue weighted by Crippen LogP contribution is 2.21. The molecule has 0 fully saturated rings. The summed E-state index contributed by atoms with van der Waals surface area (Å²) < 4.78 is 5.46. The number of oxazole rings is 1. The molecule has 3 N–H and O–H groups in total. The third-order valence-electron chi connectivity index (χ3n) is 4.33. The Bertz CT molecular complexity index is 1170. The molecule has 4 aromatic rings. The van der Waals surface area contributed by atoms with Crippen molar-refractivity contribution in [1.82, 2.24) is 10.3 Å². The fraction of sp³-hybridized carbons (Fsp3) is 0.233. The van der Waals surface area contributed by atoms with Crippen molar-refractivity contribution < 1.29 is 9.21 Å². The van der Waals surface area contributed by atoms with Gasteiger partial charge in [-0.1, -0.05) is 101 Å². The molecule has 0 saturated heterocycles. The van der Waals surface area contributed by atoms with Gasteiger partial charge in [-0.15, -0.1) is 0 Å². The monoisotopic (exact) mass is 486 g/mol. The molecule has 0 spiro atoms. The Labute approximate surface area is 215 Å². The lowest BCUT2D eigenvalue weighted by Gasteiger charge is -2.05. The maximum Gasteiger partial charge on any atom is 0.325 e. The van der Waals surface area contributed by atoms with Crippen molar-refractivity contribution in [3.63, 3.8) is 0 Å². The van der Waals surface area contributed by atoms with Crippen LogP contribution in [0.2, 0.25) is 0 Å². The van der Waals surface area contributed by atoms with Crippen molar-refractivity contribution in [2.45, 2.75) is 48.0 Å². The molecular weight excluding hydrogens is 448 g/mol. The quantitative estimate of drug-likeness (QED) is 0.175. The van der Waals surface area contributed by atoms with E-state index in [4.69, 9.17) is 10.2 Å². The molecule has 0 unspecified atom stereocenters. The first kappa shape index (κ1) is 29.8. The van der Waals surface area contributed by atoms with Crippen LogP contribution in [-0.2, 0) is 0 Å². The van der Waals surface area contributed by atoms with Gasteiger partial charge >= 0.3 is 6.01 Å². The van der Waals surface area contributed by atoms with Crippen molar-refractivity contribution in [2.24, 2.45) is 10.7 Å². The predicted molar refractivity (Wildman–Crippen MR) is 152 cm³/mol. The molecule has 1 amide bonds. The normalized spacial score (nSPS) is 10.3. The second kappa shape index (κ2) is 17.3. The highest BCUT2D eigenvalue weighted by molar-refractivity contribution is 6.05. The number of carbonyl (C=O) groups is 1. The summed E-state index contributed by atoms with van der Waals surface area (Å²) in [6, 6.07) is 24.6. The number of amides is 1. The summed E-state index contributed by atoms with van der Waals surface area (Å²) in [6.07, 6.45) is 5.25. The minimum atomic E-state index is -0.355. The molecule has 36 heavy (non-hydrogen) atoms. The maximum atomic E-state index is 12.3. The van der Waals surface area contributed by atoms with Crippen LogP contribution in [0.15, 0.2) is 100 Å². The number of fused-ring (bicyclic) bond motifs is 1. The van der Waals surface area contributed by atoms with E-state index in [9.17, 15) is 4.79 Å². The number of allylic oxidation sites excluding steroid dienone is 2. The SMILES string of the molecule is C/C=C\C.CC.CCC.N/C(=N\c1nc2ccccc2o1)NC(=O)c1ccc(-c2ccccc2)cc1. The molecule has 1 aromatic heterocycles. The van der Waals surface area contributed by atoms with Gasteiger partial charge in [0.05, 0.1) is 0 Å². The first-order valence-corrected chi connectivity index (χ1v) is 12.3. The second-order valence-electron chi connectivity index (χ2n) is 7.23. The molecule has 0 aliphatic rings. The van der Waals surface area contributed by atoms with Gasteiger partial charge in [0.2, 0.25) is 5.96 Å². The zero-order valence-corrected chi connectivity index (χ0v) is 22.2. The Morgan fingerprint density at radius 3 is 1.97 bits per heavy atom. The Kier molecular flexibility index (Phi) is 14.3. The van der Waals surface area contributed by atoms with Crippen LogP contribution in [0.3, 0.4) is 0 Å². The van der Waals surface area contributed by atoms with Crippen LogP contribution < -0.4 is 11.1 Å². The summed E-state index contributed by atoms with van der Waals surface area (Å²) in [5.74, 6) is -0.439. The molecule has 6 heteroatoms. The van der Waals surface area contributed by atoms with E-state index in [1.54, 1.807) is 24.3 Å². The van der Waals surface area contributed by atoms with E-state index in [0.717, 1.165) is 11.1 Å².